The molecule has 0 amide bonds. The second-order valence-electron chi connectivity index (χ2n) is 7.18. The molecule has 0 unspecified atom stereocenters. The fourth-order valence-corrected chi connectivity index (χ4v) is 3.12. The Morgan fingerprint density at radius 2 is 1.81 bits per heavy atom. The van der Waals surface area contributed by atoms with Gasteiger partial charge in [-0.25, -0.2) is 4.99 Å². The largest absolute Gasteiger partial charge is 0.494 e. The topological polar surface area (TPSA) is 62.9 Å². The van der Waals surface area contributed by atoms with Crippen molar-refractivity contribution in [3.05, 3.63) is 29.8 Å². The molecule has 0 heterocycles. The quantitative estimate of drug-likeness (QED) is 0.198. The number of hydrogen-bond acceptors (Lipinski definition) is 3. The standard InChI is InChI=1S/C20H34N4O.HI/c1-24(2)14-7-15-25-19-12-10-17(11-13-19)16-22-20(21)23-18-8-5-3-4-6-9-18;/h10-13,18H,3-9,14-16H2,1-2H3,(H3,21,22,23);1H. The van der Waals surface area contributed by atoms with Crippen LogP contribution in [0, 0.1) is 0 Å². The van der Waals surface area contributed by atoms with E-state index in [4.69, 9.17) is 10.5 Å². The molecule has 1 aliphatic carbocycles. The number of hydrogen-bond donors (Lipinski definition) is 2. The molecule has 1 saturated carbocycles. The first-order valence-electron chi connectivity index (χ1n) is 9.56. The Balaban J connectivity index is 0.00000338. The summed E-state index contributed by atoms with van der Waals surface area (Å²) in [6.07, 6.45) is 8.72. The minimum atomic E-state index is 0. The molecule has 0 spiro atoms. The molecule has 1 aromatic carbocycles. The number of nitrogens with two attached hydrogens (primary N) is 1. The normalized spacial score (nSPS) is 16.0. The van der Waals surface area contributed by atoms with Gasteiger partial charge in [0.1, 0.15) is 5.75 Å². The van der Waals surface area contributed by atoms with Crippen molar-refractivity contribution < 1.29 is 4.74 Å². The Morgan fingerprint density at radius 1 is 1.15 bits per heavy atom. The lowest BCUT2D eigenvalue weighted by Gasteiger charge is -2.16. The van der Waals surface area contributed by atoms with Crippen molar-refractivity contribution in [3.63, 3.8) is 0 Å². The van der Waals surface area contributed by atoms with Crippen LogP contribution in [0.15, 0.2) is 29.3 Å². The van der Waals surface area contributed by atoms with Crippen molar-refractivity contribution in [3.8, 4) is 5.75 Å². The van der Waals surface area contributed by atoms with E-state index in [2.05, 4.69) is 41.4 Å². The van der Waals surface area contributed by atoms with Crippen LogP contribution < -0.4 is 15.8 Å². The summed E-state index contributed by atoms with van der Waals surface area (Å²) in [5.74, 6) is 1.48. The second-order valence-corrected chi connectivity index (χ2v) is 7.18. The highest BCUT2D eigenvalue weighted by atomic mass is 127. The monoisotopic (exact) mass is 474 g/mol. The Bertz CT molecular complexity index is 511. The number of nitrogens with one attached hydrogen (secondary N) is 1. The summed E-state index contributed by atoms with van der Waals surface area (Å²) in [6.45, 7) is 2.39. The van der Waals surface area contributed by atoms with Crippen LogP contribution in [0.1, 0.15) is 50.5 Å². The molecule has 0 atom stereocenters. The first-order chi connectivity index (χ1) is 12.1. The molecule has 1 fully saturated rings. The maximum Gasteiger partial charge on any atom is 0.189 e. The number of halogens is 1. The van der Waals surface area contributed by atoms with Crippen LogP contribution >= 0.6 is 24.0 Å². The predicted octanol–water partition coefficient (Wildman–Crippen LogP) is 3.76. The molecule has 2 rings (SSSR count). The van der Waals surface area contributed by atoms with E-state index >= 15 is 0 Å². The smallest absolute Gasteiger partial charge is 0.189 e. The summed E-state index contributed by atoms with van der Waals surface area (Å²) in [5, 5.41) is 3.38. The molecule has 0 aliphatic heterocycles. The number of ether oxygens (including phenoxy) is 1. The van der Waals surface area contributed by atoms with Crippen LogP contribution in [0.2, 0.25) is 0 Å². The SMILES string of the molecule is CN(C)CCCOc1ccc(CN=C(N)NC2CCCCCC2)cc1.I. The molecule has 6 heteroatoms. The summed E-state index contributed by atoms with van der Waals surface area (Å²) in [7, 11) is 4.15. The van der Waals surface area contributed by atoms with Gasteiger partial charge in [-0.15, -0.1) is 24.0 Å². The Hall–Kier alpha value is -1.02. The molecule has 1 aromatic rings. The molecule has 3 N–H and O–H groups in total. The van der Waals surface area contributed by atoms with Crippen molar-refractivity contribution in [1.82, 2.24) is 10.2 Å². The zero-order valence-corrected chi connectivity index (χ0v) is 18.6. The maximum atomic E-state index is 6.05. The molecule has 0 radical (unpaired) electrons. The van der Waals surface area contributed by atoms with Gasteiger partial charge in [0.2, 0.25) is 0 Å². The van der Waals surface area contributed by atoms with Crippen molar-refractivity contribution >= 4 is 29.9 Å². The van der Waals surface area contributed by atoms with Crippen LogP contribution in [0.5, 0.6) is 5.75 Å². The molecule has 1 aliphatic rings. The van der Waals surface area contributed by atoms with Crippen LogP contribution in [0.25, 0.3) is 0 Å². The molecule has 0 aromatic heterocycles. The van der Waals surface area contributed by atoms with E-state index in [1.54, 1.807) is 0 Å². The van der Waals surface area contributed by atoms with Crippen molar-refractivity contribution in [2.45, 2.75) is 57.5 Å². The number of rotatable bonds is 8. The molecule has 5 nitrogen and oxygen atoms in total. The van der Waals surface area contributed by atoms with E-state index in [9.17, 15) is 0 Å². The summed E-state index contributed by atoms with van der Waals surface area (Å²) in [5.41, 5.74) is 7.19. The minimum Gasteiger partial charge on any atom is -0.494 e. The lowest BCUT2D eigenvalue weighted by molar-refractivity contribution is 0.281. The van der Waals surface area contributed by atoms with Crippen LogP contribution in [-0.4, -0.2) is 44.1 Å². The van der Waals surface area contributed by atoms with Gasteiger partial charge in [-0.2, -0.15) is 0 Å². The highest BCUT2D eigenvalue weighted by Gasteiger charge is 2.12. The average Bonchev–Trinajstić information content (AvgIpc) is 2.86. The Kier molecular flexibility index (Phi) is 11.7. The third-order valence-electron chi connectivity index (χ3n) is 4.58. The van der Waals surface area contributed by atoms with E-state index in [0.29, 0.717) is 18.5 Å². The van der Waals surface area contributed by atoms with Gasteiger partial charge in [0, 0.05) is 12.6 Å². The van der Waals surface area contributed by atoms with Crippen molar-refractivity contribution in [1.29, 1.82) is 0 Å². The van der Waals surface area contributed by atoms with Gasteiger partial charge in [-0.05, 0) is 51.1 Å². The highest BCUT2D eigenvalue weighted by molar-refractivity contribution is 14.0. The van der Waals surface area contributed by atoms with Crippen molar-refractivity contribution in [2.75, 3.05) is 27.2 Å². The van der Waals surface area contributed by atoms with E-state index in [0.717, 1.165) is 30.9 Å². The summed E-state index contributed by atoms with van der Waals surface area (Å²) < 4.78 is 5.75. The van der Waals surface area contributed by atoms with Gasteiger partial charge in [-0.1, -0.05) is 37.8 Å². The second kappa shape index (κ2) is 13.2. The lowest BCUT2D eigenvalue weighted by atomic mass is 10.1. The van der Waals surface area contributed by atoms with Crippen molar-refractivity contribution in [2.24, 2.45) is 10.7 Å². The molecule has 148 valence electrons. The fraction of sp³-hybridized carbons (Fsp3) is 0.650. The Morgan fingerprint density at radius 3 is 2.42 bits per heavy atom. The molecular formula is C20H35IN4O. The van der Waals surface area contributed by atoms with Gasteiger partial charge in [0.25, 0.3) is 0 Å². The highest BCUT2D eigenvalue weighted by Crippen LogP contribution is 2.17. The minimum absolute atomic E-state index is 0. The number of aliphatic imine (C=N–C) groups is 1. The molecular weight excluding hydrogens is 439 g/mol. The lowest BCUT2D eigenvalue weighted by Crippen LogP contribution is -2.39. The zero-order chi connectivity index (χ0) is 17.9. The van der Waals surface area contributed by atoms with E-state index < -0.39 is 0 Å². The van der Waals surface area contributed by atoms with E-state index in [-0.39, 0.29) is 24.0 Å². The summed E-state index contributed by atoms with van der Waals surface area (Å²) in [6, 6.07) is 8.63. The zero-order valence-electron chi connectivity index (χ0n) is 16.2. The predicted molar refractivity (Wildman–Crippen MR) is 120 cm³/mol. The van der Waals surface area contributed by atoms with Crippen LogP contribution in [0.3, 0.4) is 0 Å². The molecule has 26 heavy (non-hydrogen) atoms. The van der Waals surface area contributed by atoms with Crippen LogP contribution in [-0.2, 0) is 6.54 Å². The third-order valence-corrected chi connectivity index (χ3v) is 4.58. The molecule has 0 saturated heterocycles. The van der Waals surface area contributed by atoms with Gasteiger partial charge in [-0.3, -0.25) is 0 Å². The number of guanidine groups is 1. The van der Waals surface area contributed by atoms with E-state index in [1.807, 2.05) is 12.1 Å². The van der Waals surface area contributed by atoms with E-state index in [1.165, 1.54) is 38.5 Å². The average molecular weight is 474 g/mol. The van der Waals surface area contributed by atoms with Gasteiger partial charge < -0.3 is 20.7 Å². The van der Waals surface area contributed by atoms with Gasteiger partial charge >= 0.3 is 0 Å². The Labute approximate surface area is 175 Å². The summed E-state index contributed by atoms with van der Waals surface area (Å²) >= 11 is 0. The fourth-order valence-electron chi connectivity index (χ4n) is 3.12. The van der Waals surface area contributed by atoms with Gasteiger partial charge in [0.05, 0.1) is 13.2 Å². The maximum absolute atomic E-state index is 6.05. The third kappa shape index (κ3) is 9.62. The first kappa shape index (κ1) is 23.0. The summed E-state index contributed by atoms with van der Waals surface area (Å²) in [4.78, 5) is 6.65. The van der Waals surface area contributed by atoms with Gasteiger partial charge in [0.15, 0.2) is 5.96 Å². The van der Waals surface area contributed by atoms with Crippen LogP contribution in [0.4, 0.5) is 0 Å². The first-order valence-corrected chi connectivity index (χ1v) is 9.56. The molecule has 0 bridgehead atoms. The number of benzene rings is 1. The number of nitrogens with zero attached hydrogens (tertiary/aromatic N) is 2.